The average Bonchev–Trinajstić information content (AvgIpc) is 3.11. The first-order valence-electron chi connectivity index (χ1n) is 7.08. The molecule has 1 fully saturated rings. The van der Waals surface area contributed by atoms with Crippen LogP contribution >= 0.6 is 23.4 Å². The largest absolute Gasteiger partial charge is 0.389 e. The van der Waals surface area contributed by atoms with E-state index in [2.05, 4.69) is 15.5 Å². The summed E-state index contributed by atoms with van der Waals surface area (Å²) < 4.78 is 1.91. The van der Waals surface area contributed by atoms with Crippen molar-refractivity contribution in [2.24, 2.45) is 0 Å². The molecule has 1 aliphatic carbocycles. The van der Waals surface area contributed by atoms with Crippen LogP contribution in [0.1, 0.15) is 50.3 Å². The van der Waals surface area contributed by atoms with E-state index in [1.54, 1.807) is 13.0 Å². The third kappa shape index (κ3) is 3.22. The maximum absolute atomic E-state index is 9.58. The number of benzene rings is 1. The first-order chi connectivity index (χ1) is 10.1. The molecular formula is C14H17ClN4OS. The van der Waals surface area contributed by atoms with Crippen molar-refractivity contribution in [3.8, 4) is 0 Å². The second kappa shape index (κ2) is 6.34. The van der Waals surface area contributed by atoms with Crippen molar-refractivity contribution < 1.29 is 5.11 Å². The smallest absolute Gasteiger partial charge is 0.214 e. The fourth-order valence-corrected chi connectivity index (χ4v) is 3.74. The molecule has 2 aromatic rings. The van der Waals surface area contributed by atoms with Gasteiger partial charge in [-0.15, -0.1) is 5.10 Å². The number of rotatable bonds is 4. The van der Waals surface area contributed by atoms with Crippen molar-refractivity contribution in [2.45, 2.75) is 54.8 Å². The number of hydrogen-bond acceptors (Lipinski definition) is 5. The monoisotopic (exact) mass is 324 g/mol. The lowest BCUT2D eigenvalue weighted by molar-refractivity contribution is 0.199. The molecule has 3 rings (SSSR count). The van der Waals surface area contributed by atoms with Gasteiger partial charge in [0.25, 0.3) is 0 Å². The summed E-state index contributed by atoms with van der Waals surface area (Å²) in [6.45, 7) is 1.72. The Balaban J connectivity index is 1.82. The predicted octanol–water partition coefficient (Wildman–Crippen LogP) is 3.65. The minimum atomic E-state index is -0.523. The predicted molar refractivity (Wildman–Crippen MR) is 81.5 cm³/mol. The number of aliphatic hydroxyl groups is 1. The third-order valence-electron chi connectivity index (χ3n) is 3.77. The molecule has 0 spiro atoms. The summed E-state index contributed by atoms with van der Waals surface area (Å²) >= 11 is 7.76. The Morgan fingerprint density at radius 2 is 2.14 bits per heavy atom. The number of hydrogen-bond donors (Lipinski definition) is 1. The molecule has 1 aromatic heterocycles. The van der Waals surface area contributed by atoms with Crippen LogP contribution in [-0.4, -0.2) is 25.3 Å². The number of halogens is 1. The van der Waals surface area contributed by atoms with E-state index in [1.807, 2.05) is 16.8 Å². The lowest BCUT2D eigenvalue weighted by Crippen LogP contribution is -2.08. The fraction of sp³-hybridized carbons (Fsp3) is 0.500. The van der Waals surface area contributed by atoms with Gasteiger partial charge in [0.1, 0.15) is 0 Å². The Hall–Kier alpha value is -1.11. The molecule has 1 heterocycles. The molecular weight excluding hydrogens is 308 g/mol. The normalized spacial score (nSPS) is 17.3. The highest BCUT2D eigenvalue weighted by Gasteiger charge is 2.22. The second-order valence-electron chi connectivity index (χ2n) is 5.31. The third-order valence-corrected chi connectivity index (χ3v) is 5.22. The summed E-state index contributed by atoms with van der Waals surface area (Å²) in [6, 6.07) is 5.97. The van der Waals surface area contributed by atoms with Crippen LogP contribution in [0.4, 0.5) is 0 Å². The first-order valence-corrected chi connectivity index (χ1v) is 8.28. The van der Waals surface area contributed by atoms with Gasteiger partial charge in [0, 0.05) is 4.90 Å². The Labute approximate surface area is 132 Å². The molecule has 112 valence electrons. The SMILES string of the molecule is C[C@H](O)c1ccc(Sc2nnnn2C2CCCC2)c(Cl)c1. The molecule has 0 bridgehead atoms. The number of aliphatic hydroxyl groups excluding tert-OH is 1. The van der Waals surface area contributed by atoms with Gasteiger partial charge in [0.15, 0.2) is 0 Å². The molecule has 0 aliphatic heterocycles. The minimum Gasteiger partial charge on any atom is -0.389 e. The van der Waals surface area contributed by atoms with Gasteiger partial charge < -0.3 is 5.11 Å². The van der Waals surface area contributed by atoms with Crippen molar-refractivity contribution in [1.29, 1.82) is 0 Å². The average molecular weight is 325 g/mol. The molecule has 5 nitrogen and oxygen atoms in total. The van der Waals surface area contributed by atoms with Crippen LogP contribution in [0.2, 0.25) is 5.02 Å². The standard InChI is InChI=1S/C14H17ClN4OS/c1-9(20)10-6-7-13(12(15)8-10)21-14-16-17-18-19(14)11-4-2-3-5-11/h6-9,11,20H,2-5H2,1H3/t9-/m0/s1. The molecule has 1 aliphatic rings. The molecule has 1 N–H and O–H groups in total. The molecule has 7 heteroatoms. The van der Waals surface area contributed by atoms with E-state index in [9.17, 15) is 5.11 Å². The minimum absolute atomic E-state index is 0.401. The van der Waals surface area contributed by atoms with Crippen molar-refractivity contribution >= 4 is 23.4 Å². The molecule has 0 amide bonds. The molecule has 0 saturated heterocycles. The maximum Gasteiger partial charge on any atom is 0.214 e. The van der Waals surface area contributed by atoms with Gasteiger partial charge in [-0.2, -0.15) is 0 Å². The molecule has 1 saturated carbocycles. The van der Waals surface area contributed by atoms with Crippen LogP contribution in [-0.2, 0) is 0 Å². The summed E-state index contributed by atoms with van der Waals surface area (Å²) in [4.78, 5) is 0.898. The van der Waals surface area contributed by atoms with Gasteiger partial charge in [0.2, 0.25) is 5.16 Å². The highest BCUT2D eigenvalue weighted by Crippen LogP contribution is 2.37. The van der Waals surface area contributed by atoms with E-state index in [0.29, 0.717) is 11.1 Å². The van der Waals surface area contributed by atoms with Gasteiger partial charge >= 0.3 is 0 Å². The van der Waals surface area contributed by atoms with Crippen molar-refractivity contribution in [2.75, 3.05) is 0 Å². The van der Waals surface area contributed by atoms with E-state index in [4.69, 9.17) is 11.6 Å². The van der Waals surface area contributed by atoms with Crippen molar-refractivity contribution in [3.05, 3.63) is 28.8 Å². The van der Waals surface area contributed by atoms with Crippen LogP contribution in [0, 0.1) is 0 Å². The molecule has 1 atom stereocenters. The Kier molecular flexibility index (Phi) is 4.47. The Bertz CT molecular complexity index is 625. The van der Waals surface area contributed by atoms with E-state index in [1.165, 1.54) is 24.6 Å². The van der Waals surface area contributed by atoms with Crippen LogP contribution in [0.15, 0.2) is 28.3 Å². The van der Waals surface area contributed by atoms with Gasteiger partial charge in [-0.1, -0.05) is 30.5 Å². The number of nitrogens with zero attached hydrogens (tertiary/aromatic N) is 4. The summed E-state index contributed by atoms with van der Waals surface area (Å²) in [5, 5.41) is 23.0. The molecule has 0 radical (unpaired) electrons. The first kappa shape index (κ1) is 14.8. The second-order valence-corrected chi connectivity index (χ2v) is 6.73. The summed E-state index contributed by atoms with van der Waals surface area (Å²) in [7, 11) is 0. The van der Waals surface area contributed by atoms with Gasteiger partial charge in [0.05, 0.1) is 17.2 Å². The van der Waals surface area contributed by atoms with E-state index in [-0.39, 0.29) is 0 Å². The Morgan fingerprint density at radius 3 is 2.81 bits per heavy atom. The highest BCUT2D eigenvalue weighted by atomic mass is 35.5. The van der Waals surface area contributed by atoms with Gasteiger partial charge in [-0.25, -0.2) is 4.68 Å². The van der Waals surface area contributed by atoms with Gasteiger partial charge in [-0.05, 0) is 59.7 Å². The zero-order valence-electron chi connectivity index (χ0n) is 11.7. The van der Waals surface area contributed by atoms with E-state index >= 15 is 0 Å². The number of tetrazole rings is 1. The van der Waals surface area contributed by atoms with Crippen molar-refractivity contribution in [3.63, 3.8) is 0 Å². The highest BCUT2D eigenvalue weighted by molar-refractivity contribution is 7.99. The quantitative estimate of drug-likeness (QED) is 0.930. The summed E-state index contributed by atoms with van der Waals surface area (Å²) in [5.74, 6) is 0. The van der Waals surface area contributed by atoms with E-state index < -0.39 is 6.10 Å². The lowest BCUT2D eigenvalue weighted by Gasteiger charge is -2.12. The van der Waals surface area contributed by atoms with Gasteiger partial charge in [-0.3, -0.25) is 0 Å². The molecule has 1 aromatic carbocycles. The number of aromatic nitrogens is 4. The van der Waals surface area contributed by atoms with Crippen LogP contribution in [0.5, 0.6) is 0 Å². The maximum atomic E-state index is 9.58. The fourth-order valence-electron chi connectivity index (χ4n) is 2.59. The molecule has 0 unspecified atom stereocenters. The topological polar surface area (TPSA) is 63.8 Å². The zero-order chi connectivity index (χ0) is 14.8. The van der Waals surface area contributed by atoms with Crippen LogP contribution in [0.25, 0.3) is 0 Å². The van der Waals surface area contributed by atoms with Crippen LogP contribution in [0.3, 0.4) is 0 Å². The lowest BCUT2D eigenvalue weighted by atomic mass is 10.1. The van der Waals surface area contributed by atoms with Crippen molar-refractivity contribution in [1.82, 2.24) is 20.2 Å². The van der Waals surface area contributed by atoms with Crippen LogP contribution < -0.4 is 0 Å². The molecule has 21 heavy (non-hydrogen) atoms. The Morgan fingerprint density at radius 1 is 1.38 bits per heavy atom. The van der Waals surface area contributed by atoms with E-state index in [0.717, 1.165) is 28.5 Å². The summed E-state index contributed by atoms with van der Waals surface area (Å²) in [6.07, 6.45) is 4.21. The summed E-state index contributed by atoms with van der Waals surface area (Å²) in [5.41, 5.74) is 0.805. The zero-order valence-corrected chi connectivity index (χ0v) is 13.3.